The second-order valence-electron chi connectivity index (χ2n) is 4.58. The number of imidazole rings is 1. The van der Waals surface area contributed by atoms with Crippen LogP contribution in [0.25, 0.3) is 11.0 Å². The van der Waals surface area contributed by atoms with Crippen molar-refractivity contribution in [2.75, 3.05) is 0 Å². The minimum Gasteiger partial charge on any atom is -0.322 e. The van der Waals surface area contributed by atoms with E-state index >= 15 is 0 Å². The molecule has 3 rings (SSSR count). The number of hydrogen-bond acceptors (Lipinski definition) is 2. The molecule has 0 radical (unpaired) electrons. The van der Waals surface area contributed by atoms with E-state index in [1.807, 2.05) is 4.57 Å². The quantitative estimate of drug-likeness (QED) is 0.619. The third kappa shape index (κ3) is 2.32. The molecule has 2 aromatic heterocycles. The number of nitrogens with zero attached hydrogens (tertiary/aromatic N) is 2. The summed E-state index contributed by atoms with van der Waals surface area (Å²) in [5, 5.41) is 4.30. The van der Waals surface area contributed by atoms with Gasteiger partial charge in [0, 0.05) is 6.07 Å². The largest absolute Gasteiger partial charge is 0.322 e. The van der Waals surface area contributed by atoms with Crippen LogP contribution >= 0.6 is 34.5 Å². The van der Waals surface area contributed by atoms with Gasteiger partial charge in [-0.25, -0.2) is 9.37 Å². The fourth-order valence-corrected chi connectivity index (χ4v) is 3.38. The smallest absolute Gasteiger partial charge is 0.144 e. The molecule has 0 amide bonds. The van der Waals surface area contributed by atoms with E-state index in [9.17, 15) is 4.39 Å². The normalized spacial score (nSPS) is 11.4. The molecule has 0 unspecified atom stereocenters. The van der Waals surface area contributed by atoms with Gasteiger partial charge in [0.05, 0.1) is 28.5 Å². The molecule has 2 heterocycles. The summed E-state index contributed by atoms with van der Waals surface area (Å²) in [6.07, 6.45) is 0. The summed E-state index contributed by atoms with van der Waals surface area (Å²) in [5.41, 5.74) is 3.82. The number of rotatable bonds is 3. The predicted octanol–water partition coefficient (Wildman–Crippen LogP) is 4.99. The molecule has 3 aromatic rings. The Balaban J connectivity index is 2.17. The van der Waals surface area contributed by atoms with Crippen molar-refractivity contribution in [2.45, 2.75) is 19.3 Å². The van der Waals surface area contributed by atoms with Crippen LogP contribution < -0.4 is 0 Å². The Morgan fingerprint density at radius 2 is 2.15 bits per heavy atom. The maximum atomic E-state index is 13.5. The maximum Gasteiger partial charge on any atom is 0.144 e. The predicted molar refractivity (Wildman–Crippen MR) is 82.4 cm³/mol. The van der Waals surface area contributed by atoms with Gasteiger partial charge in [0.1, 0.15) is 11.6 Å². The van der Waals surface area contributed by atoms with Crippen molar-refractivity contribution in [2.24, 2.45) is 0 Å². The topological polar surface area (TPSA) is 17.8 Å². The van der Waals surface area contributed by atoms with E-state index in [-0.39, 0.29) is 10.9 Å². The molecule has 0 aliphatic carbocycles. The molecule has 0 aliphatic rings. The van der Waals surface area contributed by atoms with Crippen LogP contribution in [0.5, 0.6) is 0 Å². The van der Waals surface area contributed by atoms with Crippen molar-refractivity contribution in [3.63, 3.8) is 0 Å². The Labute approximate surface area is 129 Å². The van der Waals surface area contributed by atoms with E-state index < -0.39 is 5.82 Å². The summed E-state index contributed by atoms with van der Waals surface area (Å²) in [7, 11) is 0. The molecular weight excluding hydrogens is 318 g/mol. The maximum absolute atomic E-state index is 13.5. The third-order valence-corrected chi connectivity index (χ3v) is 4.72. The summed E-state index contributed by atoms with van der Waals surface area (Å²) in [6.45, 7) is 2.73. The van der Waals surface area contributed by atoms with E-state index in [0.717, 1.165) is 5.52 Å². The third-order valence-electron chi connectivity index (χ3n) is 3.28. The van der Waals surface area contributed by atoms with Crippen LogP contribution in [-0.4, -0.2) is 9.55 Å². The Hall–Kier alpha value is -1.10. The van der Waals surface area contributed by atoms with E-state index in [1.165, 1.54) is 17.2 Å². The second kappa shape index (κ2) is 5.35. The number of hydrogen-bond donors (Lipinski definition) is 0. The lowest BCUT2D eigenvalue weighted by Crippen LogP contribution is -2.04. The van der Waals surface area contributed by atoms with Crippen LogP contribution in [0.3, 0.4) is 0 Å². The zero-order valence-corrected chi connectivity index (χ0v) is 13.0. The Morgan fingerprint density at radius 1 is 1.35 bits per heavy atom. The van der Waals surface area contributed by atoms with Crippen molar-refractivity contribution in [1.29, 1.82) is 0 Å². The van der Waals surface area contributed by atoms with Crippen LogP contribution in [0.1, 0.15) is 17.0 Å². The van der Waals surface area contributed by atoms with Gasteiger partial charge >= 0.3 is 0 Å². The lowest BCUT2D eigenvalue weighted by Gasteiger charge is -2.08. The first-order valence-electron chi connectivity index (χ1n) is 6.02. The monoisotopic (exact) mass is 328 g/mol. The average molecular weight is 329 g/mol. The number of fused-ring (bicyclic) bond motifs is 1. The zero-order valence-electron chi connectivity index (χ0n) is 10.7. The first-order valence-corrected chi connectivity index (χ1v) is 7.87. The van der Waals surface area contributed by atoms with E-state index in [2.05, 4.69) is 22.7 Å². The molecule has 0 spiro atoms. The van der Waals surface area contributed by atoms with Crippen LogP contribution in [0.2, 0.25) is 5.02 Å². The van der Waals surface area contributed by atoms with Crippen molar-refractivity contribution in [3.8, 4) is 0 Å². The summed E-state index contributed by atoms with van der Waals surface area (Å²) < 4.78 is 15.5. The van der Waals surface area contributed by atoms with Gasteiger partial charge in [0.15, 0.2) is 0 Å². The molecule has 0 aliphatic heterocycles. The van der Waals surface area contributed by atoms with Crippen LogP contribution in [0, 0.1) is 12.7 Å². The Kier molecular flexibility index (Phi) is 3.71. The molecule has 2 nitrogen and oxygen atoms in total. The minimum atomic E-state index is -0.461. The summed E-state index contributed by atoms with van der Waals surface area (Å²) in [6, 6.07) is 2.96. The standard InChI is InChI=1S/C14H11Cl2FN2S/c1-8-6-20-7-9(8)5-19-13-2-10(16)11(17)3-12(13)18-14(19)4-15/h2-3,6-7H,4-5H2,1H3. The highest BCUT2D eigenvalue weighted by Gasteiger charge is 2.14. The number of alkyl halides is 1. The van der Waals surface area contributed by atoms with Gasteiger partial charge in [-0.15, -0.1) is 11.6 Å². The van der Waals surface area contributed by atoms with Gasteiger partial charge in [0.25, 0.3) is 0 Å². The van der Waals surface area contributed by atoms with Crippen LogP contribution in [-0.2, 0) is 12.4 Å². The van der Waals surface area contributed by atoms with Gasteiger partial charge in [-0.2, -0.15) is 11.3 Å². The highest BCUT2D eigenvalue weighted by Crippen LogP contribution is 2.26. The van der Waals surface area contributed by atoms with Crippen molar-refractivity contribution >= 4 is 45.6 Å². The first-order chi connectivity index (χ1) is 9.60. The van der Waals surface area contributed by atoms with Crippen LogP contribution in [0.4, 0.5) is 4.39 Å². The number of aryl methyl sites for hydroxylation is 1. The fourth-order valence-electron chi connectivity index (χ4n) is 2.17. The number of halogens is 3. The first kappa shape index (κ1) is 13.9. The summed E-state index contributed by atoms with van der Waals surface area (Å²) in [4.78, 5) is 4.38. The molecule has 0 saturated carbocycles. The Bertz CT molecular complexity index is 779. The Morgan fingerprint density at radius 3 is 2.80 bits per heavy atom. The van der Waals surface area contributed by atoms with E-state index in [0.29, 0.717) is 17.9 Å². The highest BCUT2D eigenvalue weighted by molar-refractivity contribution is 7.08. The van der Waals surface area contributed by atoms with E-state index in [4.69, 9.17) is 23.2 Å². The molecule has 0 atom stereocenters. The van der Waals surface area contributed by atoms with Gasteiger partial charge in [0.2, 0.25) is 0 Å². The van der Waals surface area contributed by atoms with Crippen molar-refractivity contribution in [3.05, 3.63) is 50.7 Å². The molecule has 0 bridgehead atoms. The summed E-state index contributed by atoms with van der Waals surface area (Å²) >= 11 is 13.5. The summed E-state index contributed by atoms with van der Waals surface area (Å²) in [5.74, 6) is 0.530. The van der Waals surface area contributed by atoms with Crippen molar-refractivity contribution < 1.29 is 4.39 Å². The lowest BCUT2D eigenvalue weighted by atomic mass is 10.2. The van der Waals surface area contributed by atoms with Crippen molar-refractivity contribution in [1.82, 2.24) is 9.55 Å². The van der Waals surface area contributed by atoms with E-state index in [1.54, 1.807) is 17.4 Å². The second-order valence-corrected chi connectivity index (χ2v) is 6.00. The molecule has 0 N–H and O–H groups in total. The SMILES string of the molecule is Cc1cscc1Cn1c(CCl)nc2cc(F)c(Cl)cc21. The fraction of sp³-hybridized carbons (Fsp3) is 0.214. The van der Waals surface area contributed by atoms with Gasteiger partial charge in [-0.1, -0.05) is 11.6 Å². The molecule has 6 heteroatoms. The zero-order chi connectivity index (χ0) is 14.3. The number of aromatic nitrogens is 2. The number of thiophene rings is 1. The molecule has 0 saturated heterocycles. The van der Waals surface area contributed by atoms with Crippen LogP contribution in [0.15, 0.2) is 22.9 Å². The highest BCUT2D eigenvalue weighted by atomic mass is 35.5. The van der Waals surface area contributed by atoms with Gasteiger partial charge < -0.3 is 4.57 Å². The molecular formula is C14H11Cl2FN2S. The molecule has 20 heavy (non-hydrogen) atoms. The van der Waals surface area contributed by atoms with Gasteiger partial charge in [-0.05, 0) is 34.9 Å². The minimum absolute atomic E-state index is 0.0989. The molecule has 104 valence electrons. The lowest BCUT2D eigenvalue weighted by molar-refractivity contribution is 0.629. The average Bonchev–Trinajstić information content (AvgIpc) is 2.96. The number of benzene rings is 1. The molecule has 1 aromatic carbocycles. The molecule has 0 fully saturated rings. The van der Waals surface area contributed by atoms with Gasteiger partial charge in [-0.3, -0.25) is 0 Å².